The number of nitrogens with one attached hydrogen (secondary N) is 1. The Morgan fingerprint density at radius 2 is 2.22 bits per heavy atom. The average Bonchev–Trinajstić information content (AvgIpc) is 3.04. The lowest BCUT2D eigenvalue weighted by Gasteiger charge is -2.18. The first-order valence-electron chi connectivity index (χ1n) is 7.64. The predicted octanol–water partition coefficient (Wildman–Crippen LogP) is 2.84. The molecule has 2 rings (SSSR count). The Labute approximate surface area is 140 Å². The molecule has 0 spiro atoms. The summed E-state index contributed by atoms with van der Waals surface area (Å²) in [5.74, 6) is 0.367. The molecule has 2 N–H and O–H groups in total. The third-order valence-corrected chi connectivity index (χ3v) is 4.45. The fourth-order valence-electron chi connectivity index (χ4n) is 2.07. The number of aromatic nitrogens is 1. The van der Waals surface area contributed by atoms with Crippen LogP contribution in [0.2, 0.25) is 0 Å². The molecule has 6 heteroatoms. The lowest BCUT2D eigenvalue weighted by atomic mass is 10.2. The largest absolute Gasteiger partial charge is 0.481 e. The van der Waals surface area contributed by atoms with Crippen LogP contribution in [0.1, 0.15) is 43.1 Å². The Morgan fingerprint density at radius 3 is 2.87 bits per heavy atom. The maximum atomic E-state index is 12.3. The van der Waals surface area contributed by atoms with E-state index in [2.05, 4.69) is 17.2 Å². The second-order valence-corrected chi connectivity index (χ2v) is 6.26. The number of ether oxygens (including phenoxy) is 1. The van der Waals surface area contributed by atoms with Gasteiger partial charge in [0.25, 0.3) is 5.91 Å². The van der Waals surface area contributed by atoms with E-state index in [1.807, 2.05) is 12.3 Å². The van der Waals surface area contributed by atoms with Gasteiger partial charge < -0.3 is 15.2 Å². The van der Waals surface area contributed by atoms with Gasteiger partial charge in [-0.05, 0) is 38.0 Å². The minimum absolute atomic E-state index is 0.0571. The Hall–Kier alpha value is -1.92. The van der Waals surface area contributed by atoms with Crippen molar-refractivity contribution in [2.45, 2.75) is 45.9 Å². The highest BCUT2D eigenvalue weighted by Gasteiger charge is 2.19. The first-order chi connectivity index (χ1) is 11.0. The van der Waals surface area contributed by atoms with Gasteiger partial charge in [0.2, 0.25) is 0 Å². The number of amides is 1. The van der Waals surface area contributed by atoms with Crippen molar-refractivity contribution in [2.75, 3.05) is 0 Å². The molecule has 2 unspecified atom stereocenters. The molecule has 2 atom stereocenters. The van der Waals surface area contributed by atoms with Crippen molar-refractivity contribution in [1.82, 2.24) is 10.3 Å². The number of rotatable bonds is 7. The molecule has 23 heavy (non-hydrogen) atoms. The number of carbonyl (C=O) groups is 1. The van der Waals surface area contributed by atoms with E-state index >= 15 is 0 Å². The van der Waals surface area contributed by atoms with E-state index in [-0.39, 0.29) is 18.6 Å². The second-order valence-electron chi connectivity index (χ2n) is 5.32. The SMILES string of the molecule is CCc1nc(C(C)NC(=O)C(C)Oc2cccc(CO)c2)cs1. The first kappa shape index (κ1) is 17.4. The fraction of sp³-hybridized carbons (Fsp3) is 0.412. The van der Waals surface area contributed by atoms with Crippen LogP contribution in [0.4, 0.5) is 0 Å². The van der Waals surface area contributed by atoms with E-state index in [9.17, 15) is 4.79 Å². The van der Waals surface area contributed by atoms with Gasteiger partial charge in [-0.3, -0.25) is 4.79 Å². The number of thiazole rings is 1. The molecule has 0 aliphatic carbocycles. The average molecular weight is 334 g/mol. The molecule has 0 radical (unpaired) electrons. The number of nitrogens with zero attached hydrogens (tertiary/aromatic N) is 1. The van der Waals surface area contributed by atoms with E-state index in [4.69, 9.17) is 9.84 Å². The number of aryl methyl sites for hydroxylation is 1. The lowest BCUT2D eigenvalue weighted by Crippen LogP contribution is -2.37. The molecular formula is C17H22N2O3S. The monoisotopic (exact) mass is 334 g/mol. The Morgan fingerprint density at radius 1 is 1.43 bits per heavy atom. The van der Waals surface area contributed by atoms with E-state index in [1.165, 1.54) is 0 Å². The Balaban J connectivity index is 1.93. The summed E-state index contributed by atoms with van der Waals surface area (Å²) >= 11 is 1.60. The zero-order chi connectivity index (χ0) is 16.8. The van der Waals surface area contributed by atoms with Gasteiger partial charge in [0.1, 0.15) is 5.75 Å². The third kappa shape index (κ3) is 4.77. The van der Waals surface area contributed by atoms with Gasteiger partial charge in [0.15, 0.2) is 6.10 Å². The maximum Gasteiger partial charge on any atom is 0.261 e. The number of hydrogen-bond donors (Lipinski definition) is 2. The topological polar surface area (TPSA) is 71.5 Å². The highest BCUT2D eigenvalue weighted by Crippen LogP contribution is 2.18. The van der Waals surface area contributed by atoms with Gasteiger partial charge in [-0.15, -0.1) is 11.3 Å². The molecule has 2 aromatic rings. The van der Waals surface area contributed by atoms with Crippen molar-refractivity contribution in [3.63, 3.8) is 0 Å². The summed E-state index contributed by atoms with van der Waals surface area (Å²) in [5.41, 5.74) is 1.62. The molecule has 1 amide bonds. The first-order valence-corrected chi connectivity index (χ1v) is 8.52. The molecule has 0 bridgehead atoms. The van der Waals surface area contributed by atoms with Crippen molar-refractivity contribution in [2.24, 2.45) is 0 Å². The minimum Gasteiger partial charge on any atom is -0.481 e. The zero-order valence-electron chi connectivity index (χ0n) is 13.6. The second kappa shape index (κ2) is 8.08. The standard InChI is InChI=1S/C17H22N2O3S/c1-4-16-19-15(10-23-16)11(2)18-17(21)12(3)22-14-7-5-6-13(8-14)9-20/h5-8,10-12,20H,4,9H2,1-3H3,(H,18,21). The Bertz CT molecular complexity index is 657. The van der Waals surface area contributed by atoms with Crippen LogP contribution in [-0.4, -0.2) is 22.1 Å². The molecule has 0 fully saturated rings. The van der Waals surface area contributed by atoms with Gasteiger partial charge >= 0.3 is 0 Å². The predicted molar refractivity (Wildman–Crippen MR) is 90.5 cm³/mol. The minimum atomic E-state index is -0.629. The number of hydrogen-bond acceptors (Lipinski definition) is 5. The van der Waals surface area contributed by atoms with E-state index in [0.717, 1.165) is 22.7 Å². The molecule has 0 saturated heterocycles. The molecule has 0 saturated carbocycles. The normalized spacial score (nSPS) is 13.4. The van der Waals surface area contributed by atoms with Crippen LogP contribution in [0, 0.1) is 0 Å². The van der Waals surface area contributed by atoms with Crippen molar-refractivity contribution in [1.29, 1.82) is 0 Å². The maximum absolute atomic E-state index is 12.3. The molecule has 5 nitrogen and oxygen atoms in total. The Kier molecular flexibility index (Phi) is 6.12. The lowest BCUT2D eigenvalue weighted by molar-refractivity contribution is -0.127. The smallest absolute Gasteiger partial charge is 0.261 e. The summed E-state index contributed by atoms with van der Waals surface area (Å²) in [6.45, 7) is 5.61. The van der Waals surface area contributed by atoms with Gasteiger partial charge in [-0.25, -0.2) is 4.98 Å². The van der Waals surface area contributed by atoms with E-state index in [0.29, 0.717) is 5.75 Å². The summed E-state index contributed by atoms with van der Waals surface area (Å²) < 4.78 is 5.64. The van der Waals surface area contributed by atoms with Crippen molar-refractivity contribution < 1.29 is 14.6 Å². The zero-order valence-corrected chi connectivity index (χ0v) is 14.4. The van der Waals surface area contributed by atoms with Crippen LogP contribution in [0.3, 0.4) is 0 Å². The number of aliphatic hydroxyl groups excluding tert-OH is 1. The highest BCUT2D eigenvalue weighted by atomic mass is 32.1. The summed E-state index contributed by atoms with van der Waals surface area (Å²) in [5, 5.41) is 15.1. The summed E-state index contributed by atoms with van der Waals surface area (Å²) in [7, 11) is 0. The number of carbonyl (C=O) groups excluding carboxylic acids is 1. The third-order valence-electron chi connectivity index (χ3n) is 3.44. The molecular weight excluding hydrogens is 312 g/mol. The van der Waals surface area contributed by atoms with Crippen LogP contribution >= 0.6 is 11.3 Å². The molecule has 1 heterocycles. The van der Waals surface area contributed by atoms with Gasteiger partial charge in [-0.1, -0.05) is 19.1 Å². The molecule has 1 aromatic heterocycles. The molecule has 124 valence electrons. The van der Waals surface area contributed by atoms with Gasteiger partial charge in [-0.2, -0.15) is 0 Å². The van der Waals surface area contributed by atoms with E-state index in [1.54, 1.807) is 42.5 Å². The van der Waals surface area contributed by atoms with Crippen molar-refractivity contribution >= 4 is 17.2 Å². The van der Waals surface area contributed by atoms with Crippen molar-refractivity contribution in [3.05, 3.63) is 45.9 Å². The van der Waals surface area contributed by atoms with E-state index < -0.39 is 6.10 Å². The fourth-order valence-corrected chi connectivity index (χ4v) is 2.90. The number of benzene rings is 1. The van der Waals surface area contributed by atoms with Gasteiger partial charge in [0.05, 0.1) is 23.4 Å². The van der Waals surface area contributed by atoms with Crippen LogP contribution in [0.25, 0.3) is 0 Å². The summed E-state index contributed by atoms with van der Waals surface area (Å²) in [4.78, 5) is 16.7. The summed E-state index contributed by atoms with van der Waals surface area (Å²) in [6.07, 6.45) is 0.266. The highest BCUT2D eigenvalue weighted by molar-refractivity contribution is 7.09. The summed E-state index contributed by atoms with van der Waals surface area (Å²) in [6, 6.07) is 6.92. The van der Waals surface area contributed by atoms with Crippen molar-refractivity contribution in [3.8, 4) is 5.75 Å². The van der Waals surface area contributed by atoms with Crippen LogP contribution in [-0.2, 0) is 17.8 Å². The van der Waals surface area contributed by atoms with Gasteiger partial charge in [0, 0.05) is 5.38 Å². The molecule has 0 aliphatic rings. The molecule has 1 aromatic carbocycles. The van der Waals surface area contributed by atoms with Crippen LogP contribution < -0.4 is 10.1 Å². The van der Waals surface area contributed by atoms with Crippen LogP contribution in [0.15, 0.2) is 29.6 Å². The quantitative estimate of drug-likeness (QED) is 0.817. The molecule has 0 aliphatic heterocycles. The number of aliphatic hydroxyl groups is 1. The van der Waals surface area contributed by atoms with Crippen LogP contribution in [0.5, 0.6) is 5.75 Å².